The molecule has 0 spiro atoms. The highest BCUT2D eigenvalue weighted by molar-refractivity contribution is 6.74. The molecule has 0 radical (unpaired) electrons. The molecule has 282 valence electrons. The Labute approximate surface area is 306 Å². The van der Waals surface area contributed by atoms with Gasteiger partial charge in [0.05, 0.1) is 31.0 Å². The number of rotatable bonds is 7. The molecule has 0 amide bonds. The van der Waals surface area contributed by atoms with Crippen LogP contribution in [-0.2, 0) is 32.7 Å². The fourth-order valence-corrected chi connectivity index (χ4v) is 8.47. The van der Waals surface area contributed by atoms with E-state index in [1.807, 2.05) is 24.3 Å². The maximum atomic E-state index is 13.6. The largest absolute Gasteiger partial charge is 0.456 e. The molecule has 50 heavy (non-hydrogen) atoms. The number of esters is 1. The van der Waals surface area contributed by atoms with Gasteiger partial charge in [-0.05, 0) is 74.8 Å². The predicted molar refractivity (Wildman–Crippen MR) is 209 cm³/mol. The number of fused-ring (bicyclic) bond motifs is 2. The summed E-state index contributed by atoms with van der Waals surface area (Å²) in [5.74, 6) is -0.0262. The van der Waals surface area contributed by atoms with Gasteiger partial charge >= 0.3 is 5.97 Å². The average molecular weight is 729 g/mol. The number of ether oxygens (including phenoxy) is 3. The minimum absolute atomic E-state index is 0.0163. The minimum atomic E-state index is -2.30. The number of ketones is 1. The van der Waals surface area contributed by atoms with Crippen LogP contribution in [0.1, 0.15) is 100 Å². The highest BCUT2D eigenvalue weighted by Gasteiger charge is 2.42. The Hall–Kier alpha value is -1.89. The smallest absolute Gasteiger partial charge is 0.330 e. The SMILES string of the molecule is CC1=CCO[C@H](/C=C/[C@H](O[Si](C)(C)C(C)(C)C)[C@@H]2C/C=C/[C@@H](O[Si](C)(C)C(C)(C)C)CC(=O)C[C@H](C)C[C@@H]3CC=C[C@@H](C/C=C\C(=O)O2)O3)C1. The van der Waals surface area contributed by atoms with Crippen molar-refractivity contribution in [3.05, 3.63) is 60.3 Å². The van der Waals surface area contributed by atoms with E-state index in [1.165, 1.54) is 11.6 Å². The fourth-order valence-electron chi connectivity index (χ4n) is 5.94. The molecule has 3 aliphatic heterocycles. The van der Waals surface area contributed by atoms with Gasteiger partial charge in [0.2, 0.25) is 0 Å². The van der Waals surface area contributed by atoms with Crippen LogP contribution in [0, 0.1) is 5.92 Å². The van der Waals surface area contributed by atoms with E-state index in [0.717, 1.165) is 19.3 Å². The molecule has 0 fully saturated rings. The van der Waals surface area contributed by atoms with Crippen LogP contribution >= 0.6 is 0 Å². The molecule has 3 rings (SSSR count). The Kier molecular flexibility index (Phi) is 15.5. The van der Waals surface area contributed by atoms with Crippen LogP contribution in [0.3, 0.4) is 0 Å². The van der Waals surface area contributed by atoms with Crippen LogP contribution < -0.4 is 0 Å². The first-order valence-electron chi connectivity index (χ1n) is 18.8. The van der Waals surface area contributed by atoms with Gasteiger partial charge in [-0.2, -0.15) is 0 Å². The molecule has 0 saturated heterocycles. The number of carbonyl (C=O) groups is 2. The van der Waals surface area contributed by atoms with E-state index in [0.29, 0.717) is 32.3 Å². The summed E-state index contributed by atoms with van der Waals surface area (Å²) >= 11 is 0. The van der Waals surface area contributed by atoms with E-state index in [1.54, 1.807) is 0 Å². The maximum absolute atomic E-state index is 13.6. The number of hydrogen-bond donors (Lipinski definition) is 0. The lowest BCUT2D eigenvalue weighted by molar-refractivity contribution is -0.146. The van der Waals surface area contributed by atoms with Crippen molar-refractivity contribution >= 4 is 28.4 Å². The van der Waals surface area contributed by atoms with Gasteiger partial charge in [-0.3, -0.25) is 4.79 Å². The quantitative estimate of drug-likeness (QED) is 0.147. The molecule has 2 bridgehead atoms. The molecule has 3 heterocycles. The van der Waals surface area contributed by atoms with Crippen molar-refractivity contribution in [2.45, 2.75) is 173 Å². The second-order valence-electron chi connectivity index (χ2n) is 17.8. The van der Waals surface area contributed by atoms with Crippen LogP contribution in [0.5, 0.6) is 0 Å². The van der Waals surface area contributed by atoms with Crippen LogP contribution in [0.2, 0.25) is 36.3 Å². The van der Waals surface area contributed by atoms with Gasteiger partial charge in [-0.25, -0.2) is 4.79 Å². The summed E-state index contributed by atoms with van der Waals surface area (Å²) in [7, 11) is -4.51. The van der Waals surface area contributed by atoms with Crippen molar-refractivity contribution in [3.63, 3.8) is 0 Å². The molecular weight excluding hydrogens is 661 g/mol. The first-order chi connectivity index (χ1) is 23.1. The summed E-state index contributed by atoms with van der Waals surface area (Å²) in [6, 6.07) is 0. The van der Waals surface area contributed by atoms with Crippen molar-refractivity contribution in [1.82, 2.24) is 0 Å². The molecule has 9 heteroatoms. The molecule has 0 aromatic rings. The van der Waals surface area contributed by atoms with Gasteiger partial charge in [0.25, 0.3) is 0 Å². The third kappa shape index (κ3) is 13.6. The van der Waals surface area contributed by atoms with Crippen molar-refractivity contribution < 1.29 is 32.7 Å². The van der Waals surface area contributed by atoms with Gasteiger partial charge in [-0.15, -0.1) is 0 Å². The molecule has 0 saturated carbocycles. The number of hydrogen-bond acceptors (Lipinski definition) is 7. The topological polar surface area (TPSA) is 80.3 Å². The molecule has 0 N–H and O–H groups in total. The lowest BCUT2D eigenvalue weighted by Crippen LogP contribution is -2.47. The zero-order valence-corrected chi connectivity index (χ0v) is 35.3. The zero-order chi connectivity index (χ0) is 37.3. The second kappa shape index (κ2) is 18.2. The highest BCUT2D eigenvalue weighted by Crippen LogP contribution is 2.39. The predicted octanol–water partition coefficient (Wildman–Crippen LogP) is 9.97. The second-order valence-corrected chi connectivity index (χ2v) is 27.3. The van der Waals surface area contributed by atoms with Gasteiger partial charge in [0.1, 0.15) is 18.0 Å². The highest BCUT2D eigenvalue weighted by atomic mass is 28.4. The monoisotopic (exact) mass is 728 g/mol. The lowest BCUT2D eigenvalue weighted by Gasteiger charge is -2.40. The minimum Gasteiger partial charge on any atom is -0.456 e. The summed E-state index contributed by atoms with van der Waals surface area (Å²) in [6.07, 6.45) is 20.5. The van der Waals surface area contributed by atoms with E-state index in [4.69, 9.17) is 23.1 Å². The normalized spacial score (nSPS) is 30.6. The molecule has 0 aliphatic carbocycles. The lowest BCUT2D eigenvalue weighted by atomic mass is 9.93. The van der Waals surface area contributed by atoms with Crippen LogP contribution in [0.15, 0.2) is 60.3 Å². The Balaban J connectivity index is 2.02. The summed E-state index contributed by atoms with van der Waals surface area (Å²) < 4.78 is 32.5. The standard InChI is InChI=1S/C41H68O7Si2/c1-30-24-25-44-34(27-30)22-23-38(48-50(11,12)41(6,7)8)37-20-14-19-36(47-49(9,10)40(3,4)5)29-32(42)26-31(2)28-35-18-13-16-33(45-35)17-15-21-39(43)46-37/h13-16,19,21-24,31,33-38H,17-18,20,25-29H2,1-12H3/b19-14+,21-15-,23-22+/t31-,33-,34+,35-,36+,37-,38-/m0/s1. The zero-order valence-electron chi connectivity index (χ0n) is 33.3. The van der Waals surface area contributed by atoms with Crippen LogP contribution in [-0.4, -0.2) is 71.6 Å². The van der Waals surface area contributed by atoms with Crippen molar-refractivity contribution in [1.29, 1.82) is 0 Å². The van der Waals surface area contributed by atoms with Crippen molar-refractivity contribution in [2.24, 2.45) is 5.92 Å². The van der Waals surface area contributed by atoms with Gasteiger partial charge < -0.3 is 23.1 Å². The Morgan fingerprint density at radius 2 is 1.56 bits per heavy atom. The first kappa shape index (κ1) is 42.5. The molecule has 3 aliphatic rings. The summed E-state index contributed by atoms with van der Waals surface area (Å²) in [4.78, 5) is 27.0. The van der Waals surface area contributed by atoms with E-state index >= 15 is 0 Å². The van der Waals surface area contributed by atoms with Gasteiger partial charge in [0, 0.05) is 25.3 Å². The van der Waals surface area contributed by atoms with E-state index in [-0.39, 0.29) is 46.2 Å². The Bertz CT molecular complexity index is 1280. The molecule has 0 unspecified atom stereocenters. The van der Waals surface area contributed by atoms with Crippen LogP contribution in [0.25, 0.3) is 0 Å². The maximum Gasteiger partial charge on any atom is 0.330 e. The average Bonchev–Trinajstić information content (AvgIpc) is 2.97. The number of cyclic esters (lactones) is 1. The molecule has 7 nitrogen and oxygen atoms in total. The van der Waals surface area contributed by atoms with E-state index in [2.05, 4.69) is 106 Å². The summed E-state index contributed by atoms with van der Waals surface area (Å²) in [6.45, 7) is 27.0. The fraction of sp³-hybridized carbons (Fsp3) is 0.707. The third-order valence-electron chi connectivity index (χ3n) is 11.0. The van der Waals surface area contributed by atoms with Gasteiger partial charge in [0.15, 0.2) is 16.6 Å². The number of carbonyl (C=O) groups excluding carboxylic acids is 2. The van der Waals surface area contributed by atoms with Crippen molar-refractivity contribution in [2.75, 3.05) is 6.61 Å². The van der Waals surface area contributed by atoms with E-state index < -0.39 is 34.8 Å². The Morgan fingerprint density at radius 1 is 0.880 bits per heavy atom. The summed E-state index contributed by atoms with van der Waals surface area (Å²) in [5.41, 5.74) is 1.29. The summed E-state index contributed by atoms with van der Waals surface area (Å²) in [5, 5.41) is -0.0718. The molecular formula is C41H68O7Si2. The molecule has 0 aromatic heterocycles. The van der Waals surface area contributed by atoms with E-state index in [9.17, 15) is 9.59 Å². The third-order valence-corrected chi connectivity index (χ3v) is 20.0. The number of Topliss-reactive ketones (excluding diaryl/α,β-unsaturated/α-hetero) is 1. The molecule has 7 atom stereocenters. The Morgan fingerprint density at radius 3 is 2.22 bits per heavy atom. The molecule has 0 aromatic carbocycles. The van der Waals surface area contributed by atoms with Gasteiger partial charge in [-0.1, -0.05) is 103 Å². The van der Waals surface area contributed by atoms with Crippen molar-refractivity contribution in [3.8, 4) is 0 Å². The van der Waals surface area contributed by atoms with Crippen LogP contribution in [0.4, 0.5) is 0 Å². The first-order valence-corrected chi connectivity index (χ1v) is 24.7.